The standard InChI is InChI=1S/C21H20F3N3O5/c1-26-16-9-32-4-3-15(16)27-8-12(18(28)19(31-2)17(27)21(26)30)20(29)25-7-11-13(23)5-10(22)6-14(11)24/h5-6,8,15-16H,3-4,7,9H2,1-2H3,(H,25,29)/t15-,16+/m1/s1. The van der Waals surface area contributed by atoms with Crippen LogP contribution in [-0.2, 0) is 11.3 Å². The van der Waals surface area contributed by atoms with Gasteiger partial charge in [0.05, 0.1) is 25.8 Å². The first-order valence-electron chi connectivity index (χ1n) is 9.84. The molecule has 0 aliphatic carbocycles. The maximum absolute atomic E-state index is 13.9. The summed E-state index contributed by atoms with van der Waals surface area (Å²) >= 11 is 0. The van der Waals surface area contributed by atoms with Gasteiger partial charge >= 0.3 is 0 Å². The lowest BCUT2D eigenvalue weighted by molar-refractivity contribution is -0.0115. The summed E-state index contributed by atoms with van der Waals surface area (Å²) in [5, 5.41) is 2.28. The van der Waals surface area contributed by atoms with Crippen molar-refractivity contribution in [3.63, 3.8) is 0 Å². The van der Waals surface area contributed by atoms with E-state index in [1.54, 1.807) is 11.6 Å². The smallest absolute Gasteiger partial charge is 0.274 e. The summed E-state index contributed by atoms with van der Waals surface area (Å²) in [5.41, 5.74) is -1.71. The Morgan fingerprint density at radius 2 is 1.91 bits per heavy atom. The van der Waals surface area contributed by atoms with E-state index in [4.69, 9.17) is 9.47 Å². The van der Waals surface area contributed by atoms with Crippen LogP contribution in [0, 0.1) is 17.5 Å². The fourth-order valence-electron chi connectivity index (χ4n) is 4.16. The van der Waals surface area contributed by atoms with Crippen molar-refractivity contribution in [3.05, 3.63) is 62.8 Å². The first-order valence-corrected chi connectivity index (χ1v) is 9.84. The molecule has 0 radical (unpaired) electrons. The van der Waals surface area contributed by atoms with Crippen molar-refractivity contribution in [1.82, 2.24) is 14.8 Å². The second kappa shape index (κ2) is 8.30. The molecule has 4 rings (SSSR count). The lowest BCUT2D eigenvalue weighted by Gasteiger charge is -2.44. The lowest BCUT2D eigenvalue weighted by Crippen LogP contribution is -2.54. The Morgan fingerprint density at radius 3 is 2.56 bits per heavy atom. The zero-order valence-corrected chi connectivity index (χ0v) is 17.3. The van der Waals surface area contributed by atoms with Crippen LogP contribution in [0.25, 0.3) is 0 Å². The van der Waals surface area contributed by atoms with Crippen LogP contribution >= 0.6 is 0 Å². The highest BCUT2D eigenvalue weighted by Crippen LogP contribution is 2.34. The van der Waals surface area contributed by atoms with Crippen LogP contribution in [0.5, 0.6) is 5.75 Å². The van der Waals surface area contributed by atoms with Crippen molar-refractivity contribution in [3.8, 4) is 5.75 Å². The van der Waals surface area contributed by atoms with Gasteiger partial charge in [0.2, 0.25) is 5.43 Å². The van der Waals surface area contributed by atoms with Crippen LogP contribution < -0.4 is 15.5 Å². The molecular weight excluding hydrogens is 431 g/mol. The molecule has 1 N–H and O–H groups in total. The Bertz CT molecular complexity index is 1140. The van der Waals surface area contributed by atoms with Gasteiger partial charge in [-0.25, -0.2) is 13.2 Å². The van der Waals surface area contributed by atoms with Crippen LogP contribution in [-0.4, -0.2) is 54.7 Å². The number of carbonyl (C=O) groups excluding carboxylic acids is 2. The normalized spacial score (nSPS) is 19.9. The summed E-state index contributed by atoms with van der Waals surface area (Å²) in [5.74, 6) is -5.08. The number of pyridine rings is 1. The third-order valence-corrected chi connectivity index (χ3v) is 5.84. The van der Waals surface area contributed by atoms with Gasteiger partial charge in [0, 0.05) is 44.1 Å². The molecule has 170 valence electrons. The number of likely N-dealkylation sites (N-methyl/N-ethyl adjacent to an activating group) is 1. The van der Waals surface area contributed by atoms with E-state index in [0.29, 0.717) is 31.8 Å². The minimum atomic E-state index is -1.17. The van der Waals surface area contributed by atoms with Crippen LogP contribution in [0.1, 0.15) is 38.9 Å². The van der Waals surface area contributed by atoms with Crippen molar-refractivity contribution in [2.75, 3.05) is 27.4 Å². The number of methoxy groups -OCH3 is 1. The molecule has 0 saturated carbocycles. The minimum absolute atomic E-state index is 0.0234. The second-order valence-electron chi connectivity index (χ2n) is 7.61. The summed E-state index contributed by atoms with van der Waals surface area (Å²) in [6.07, 6.45) is 1.80. The predicted molar refractivity (Wildman–Crippen MR) is 105 cm³/mol. The first-order chi connectivity index (χ1) is 15.2. The molecule has 2 amide bonds. The molecule has 2 atom stereocenters. The van der Waals surface area contributed by atoms with Gasteiger partial charge in [0.25, 0.3) is 11.8 Å². The van der Waals surface area contributed by atoms with Gasteiger partial charge in [-0.05, 0) is 6.42 Å². The number of fused-ring (bicyclic) bond motifs is 3. The van der Waals surface area contributed by atoms with Crippen LogP contribution in [0.15, 0.2) is 23.1 Å². The quantitative estimate of drug-likeness (QED) is 0.763. The van der Waals surface area contributed by atoms with E-state index < -0.39 is 46.8 Å². The third kappa shape index (κ3) is 3.52. The molecule has 2 aliphatic heterocycles. The number of amides is 2. The largest absolute Gasteiger partial charge is 0.491 e. The monoisotopic (exact) mass is 451 g/mol. The molecule has 0 bridgehead atoms. The molecule has 8 nitrogen and oxygen atoms in total. The predicted octanol–water partition coefficient (Wildman–Crippen LogP) is 1.62. The van der Waals surface area contributed by atoms with Gasteiger partial charge in [-0.2, -0.15) is 0 Å². The Balaban J connectivity index is 1.72. The highest BCUT2D eigenvalue weighted by atomic mass is 19.1. The number of nitrogens with zero attached hydrogens (tertiary/aromatic N) is 2. The Morgan fingerprint density at radius 1 is 1.22 bits per heavy atom. The molecule has 3 heterocycles. The average molecular weight is 451 g/mol. The SMILES string of the molecule is COc1c2n(cc(C(=O)NCc3c(F)cc(F)cc3F)c1=O)[C@@H]1CCOC[C@@H]1N(C)C2=O. The minimum Gasteiger partial charge on any atom is -0.491 e. The van der Waals surface area contributed by atoms with E-state index in [2.05, 4.69) is 5.32 Å². The Kier molecular flexibility index (Phi) is 5.68. The number of ether oxygens (including phenoxy) is 2. The molecule has 2 aromatic rings. The summed E-state index contributed by atoms with van der Waals surface area (Å²) in [7, 11) is 2.82. The molecular formula is C21H20F3N3O5. The zero-order valence-electron chi connectivity index (χ0n) is 17.3. The molecule has 1 saturated heterocycles. The topological polar surface area (TPSA) is 89.9 Å². The number of hydrogen-bond acceptors (Lipinski definition) is 5. The van der Waals surface area contributed by atoms with E-state index in [1.807, 2.05) is 0 Å². The van der Waals surface area contributed by atoms with Crippen molar-refractivity contribution >= 4 is 11.8 Å². The van der Waals surface area contributed by atoms with E-state index in [-0.39, 0.29) is 29.1 Å². The maximum Gasteiger partial charge on any atom is 0.274 e. The van der Waals surface area contributed by atoms with Crippen molar-refractivity contribution < 1.29 is 32.2 Å². The summed E-state index contributed by atoms with van der Waals surface area (Å²) in [6.45, 7) is 0.120. The Hall–Kier alpha value is -3.34. The van der Waals surface area contributed by atoms with Gasteiger partial charge in [-0.3, -0.25) is 14.4 Å². The van der Waals surface area contributed by atoms with Gasteiger partial charge in [-0.1, -0.05) is 0 Å². The summed E-state index contributed by atoms with van der Waals surface area (Å²) in [6, 6.07) is 0.438. The van der Waals surface area contributed by atoms with Crippen LogP contribution in [0.3, 0.4) is 0 Å². The molecule has 0 unspecified atom stereocenters. The van der Waals surface area contributed by atoms with E-state index in [0.717, 1.165) is 0 Å². The van der Waals surface area contributed by atoms with Gasteiger partial charge < -0.3 is 24.3 Å². The molecule has 1 aromatic heterocycles. The van der Waals surface area contributed by atoms with Crippen LogP contribution in [0.4, 0.5) is 13.2 Å². The highest BCUT2D eigenvalue weighted by Gasteiger charge is 2.42. The molecule has 11 heteroatoms. The van der Waals surface area contributed by atoms with Crippen molar-refractivity contribution in [2.24, 2.45) is 0 Å². The molecule has 1 fully saturated rings. The van der Waals surface area contributed by atoms with Gasteiger partial charge in [-0.15, -0.1) is 0 Å². The molecule has 1 aromatic carbocycles. The lowest BCUT2D eigenvalue weighted by atomic mass is 9.96. The van der Waals surface area contributed by atoms with Crippen molar-refractivity contribution in [1.29, 1.82) is 0 Å². The van der Waals surface area contributed by atoms with E-state index >= 15 is 0 Å². The number of carbonyl (C=O) groups is 2. The van der Waals surface area contributed by atoms with E-state index in [1.165, 1.54) is 18.2 Å². The third-order valence-electron chi connectivity index (χ3n) is 5.84. The number of halogens is 3. The Labute approximate surface area is 180 Å². The molecule has 32 heavy (non-hydrogen) atoms. The second-order valence-corrected chi connectivity index (χ2v) is 7.61. The molecule has 0 spiro atoms. The van der Waals surface area contributed by atoms with Gasteiger partial charge in [0.1, 0.15) is 23.0 Å². The number of rotatable bonds is 4. The zero-order chi connectivity index (χ0) is 23.2. The van der Waals surface area contributed by atoms with Gasteiger partial charge in [0.15, 0.2) is 11.4 Å². The average Bonchev–Trinajstić information content (AvgIpc) is 2.76. The van der Waals surface area contributed by atoms with E-state index in [9.17, 15) is 27.6 Å². The fraction of sp³-hybridized carbons (Fsp3) is 0.381. The highest BCUT2D eigenvalue weighted by molar-refractivity contribution is 5.99. The summed E-state index contributed by atoms with van der Waals surface area (Å²) in [4.78, 5) is 40.1. The number of hydrogen-bond donors (Lipinski definition) is 1. The number of aromatic nitrogens is 1. The first kappa shape index (κ1) is 21.9. The van der Waals surface area contributed by atoms with Crippen molar-refractivity contribution in [2.45, 2.75) is 25.0 Å². The van der Waals surface area contributed by atoms with Crippen LogP contribution in [0.2, 0.25) is 0 Å². The maximum atomic E-state index is 13.9. The number of benzene rings is 1. The fourth-order valence-corrected chi connectivity index (χ4v) is 4.16. The summed E-state index contributed by atoms with van der Waals surface area (Å²) < 4.78 is 53.1. The number of nitrogens with one attached hydrogen (secondary N) is 1. The molecule has 2 aliphatic rings.